The summed E-state index contributed by atoms with van der Waals surface area (Å²) < 4.78 is 5.58. The average Bonchev–Trinajstić information content (AvgIpc) is 3.08. The van der Waals surface area contributed by atoms with Crippen molar-refractivity contribution >= 4 is 6.03 Å². The van der Waals surface area contributed by atoms with Gasteiger partial charge in [-0.15, -0.1) is 0 Å². The van der Waals surface area contributed by atoms with Gasteiger partial charge in [-0.2, -0.15) is 0 Å². The Morgan fingerprint density at radius 2 is 1.96 bits per heavy atom. The third-order valence-electron chi connectivity index (χ3n) is 5.70. The van der Waals surface area contributed by atoms with Crippen molar-refractivity contribution in [2.75, 3.05) is 45.9 Å². The van der Waals surface area contributed by atoms with Gasteiger partial charge in [0, 0.05) is 32.8 Å². The van der Waals surface area contributed by atoms with Crippen molar-refractivity contribution in [2.45, 2.75) is 51.6 Å². The van der Waals surface area contributed by atoms with Crippen LogP contribution in [0.3, 0.4) is 0 Å². The molecule has 0 aliphatic carbocycles. The van der Waals surface area contributed by atoms with Crippen LogP contribution in [0.15, 0.2) is 0 Å². The fraction of sp³-hybridized carbons (Fsp3) is 0.944. The minimum atomic E-state index is 0.109. The van der Waals surface area contributed by atoms with Crippen LogP contribution in [0.5, 0.6) is 0 Å². The SMILES string of the molecule is CC1CCN(C[C@@H]2CCCN(C(=O)NC[C@H]3CCCO3)C2)CC1. The van der Waals surface area contributed by atoms with E-state index in [0.29, 0.717) is 12.5 Å². The van der Waals surface area contributed by atoms with E-state index in [1.165, 1.54) is 38.9 Å². The Morgan fingerprint density at radius 1 is 1.13 bits per heavy atom. The number of ether oxygens (including phenoxy) is 1. The van der Waals surface area contributed by atoms with Gasteiger partial charge in [0.25, 0.3) is 0 Å². The van der Waals surface area contributed by atoms with E-state index in [9.17, 15) is 4.79 Å². The molecule has 0 spiro atoms. The van der Waals surface area contributed by atoms with Crippen LogP contribution in [0.2, 0.25) is 0 Å². The Hall–Kier alpha value is -0.810. The number of hydrogen-bond acceptors (Lipinski definition) is 3. The molecule has 0 radical (unpaired) electrons. The summed E-state index contributed by atoms with van der Waals surface area (Å²) in [4.78, 5) is 17.0. The second-order valence-corrected chi connectivity index (χ2v) is 7.76. The van der Waals surface area contributed by atoms with Crippen LogP contribution < -0.4 is 5.32 Å². The Bertz CT molecular complexity index is 376. The Kier molecular flexibility index (Phi) is 6.17. The minimum Gasteiger partial charge on any atom is -0.376 e. The number of rotatable bonds is 4. The van der Waals surface area contributed by atoms with Crippen molar-refractivity contribution < 1.29 is 9.53 Å². The first-order chi connectivity index (χ1) is 11.2. The van der Waals surface area contributed by atoms with Crippen molar-refractivity contribution in [3.8, 4) is 0 Å². The van der Waals surface area contributed by atoms with Crippen LogP contribution in [0, 0.1) is 11.8 Å². The quantitative estimate of drug-likeness (QED) is 0.863. The summed E-state index contributed by atoms with van der Waals surface area (Å²) in [6.07, 6.45) is 7.51. The predicted molar refractivity (Wildman–Crippen MR) is 91.5 cm³/mol. The molecule has 0 aromatic heterocycles. The molecule has 3 saturated heterocycles. The number of nitrogens with one attached hydrogen (secondary N) is 1. The van der Waals surface area contributed by atoms with Gasteiger partial charge in [-0.1, -0.05) is 6.92 Å². The number of hydrogen-bond donors (Lipinski definition) is 1. The average molecular weight is 323 g/mol. The maximum atomic E-state index is 12.4. The highest BCUT2D eigenvalue weighted by atomic mass is 16.5. The molecule has 0 unspecified atom stereocenters. The molecule has 5 heteroatoms. The van der Waals surface area contributed by atoms with Crippen molar-refractivity contribution in [3.05, 3.63) is 0 Å². The van der Waals surface area contributed by atoms with E-state index in [1.54, 1.807) is 0 Å². The van der Waals surface area contributed by atoms with E-state index in [-0.39, 0.29) is 12.1 Å². The first-order valence-electron chi connectivity index (χ1n) is 9.57. The van der Waals surface area contributed by atoms with Crippen molar-refractivity contribution in [1.29, 1.82) is 0 Å². The normalized spacial score (nSPS) is 30.6. The van der Waals surface area contributed by atoms with Gasteiger partial charge in [0.2, 0.25) is 0 Å². The van der Waals surface area contributed by atoms with Gasteiger partial charge in [-0.25, -0.2) is 4.79 Å². The van der Waals surface area contributed by atoms with E-state index in [2.05, 4.69) is 17.1 Å². The second kappa shape index (κ2) is 8.34. The first-order valence-corrected chi connectivity index (χ1v) is 9.57. The molecule has 132 valence electrons. The molecule has 2 amide bonds. The lowest BCUT2D eigenvalue weighted by Gasteiger charge is -2.37. The minimum absolute atomic E-state index is 0.109. The first kappa shape index (κ1) is 17.0. The van der Waals surface area contributed by atoms with Crippen LogP contribution >= 0.6 is 0 Å². The predicted octanol–water partition coefficient (Wildman–Crippen LogP) is 2.32. The van der Waals surface area contributed by atoms with E-state index < -0.39 is 0 Å². The number of piperidine rings is 2. The van der Waals surface area contributed by atoms with Gasteiger partial charge in [-0.05, 0) is 63.5 Å². The summed E-state index contributed by atoms with van der Waals surface area (Å²) >= 11 is 0. The highest BCUT2D eigenvalue weighted by Crippen LogP contribution is 2.22. The van der Waals surface area contributed by atoms with Gasteiger partial charge in [0.15, 0.2) is 0 Å². The largest absolute Gasteiger partial charge is 0.376 e. The van der Waals surface area contributed by atoms with Crippen molar-refractivity contribution in [3.63, 3.8) is 0 Å². The summed E-state index contributed by atoms with van der Waals surface area (Å²) in [5.74, 6) is 1.53. The summed E-state index contributed by atoms with van der Waals surface area (Å²) in [5.41, 5.74) is 0. The van der Waals surface area contributed by atoms with E-state index in [0.717, 1.165) is 44.9 Å². The number of likely N-dealkylation sites (tertiary alicyclic amines) is 2. The van der Waals surface area contributed by atoms with Gasteiger partial charge in [0.05, 0.1) is 6.10 Å². The molecule has 0 aromatic rings. The lowest BCUT2D eigenvalue weighted by Crippen LogP contribution is -2.49. The fourth-order valence-corrected chi connectivity index (χ4v) is 4.13. The second-order valence-electron chi connectivity index (χ2n) is 7.76. The van der Waals surface area contributed by atoms with E-state index in [1.807, 2.05) is 4.90 Å². The van der Waals surface area contributed by atoms with Crippen LogP contribution in [-0.2, 0) is 4.74 Å². The van der Waals surface area contributed by atoms with Crippen LogP contribution in [-0.4, -0.2) is 67.8 Å². The smallest absolute Gasteiger partial charge is 0.317 e. The van der Waals surface area contributed by atoms with Crippen molar-refractivity contribution in [1.82, 2.24) is 15.1 Å². The molecular formula is C18H33N3O2. The highest BCUT2D eigenvalue weighted by molar-refractivity contribution is 5.74. The Morgan fingerprint density at radius 3 is 2.70 bits per heavy atom. The molecule has 3 fully saturated rings. The lowest BCUT2D eigenvalue weighted by atomic mass is 9.94. The summed E-state index contributed by atoms with van der Waals surface area (Å²) in [6, 6.07) is 0.109. The van der Waals surface area contributed by atoms with E-state index >= 15 is 0 Å². The molecule has 3 heterocycles. The van der Waals surface area contributed by atoms with Gasteiger partial charge in [0.1, 0.15) is 0 Å². The van der Waals surface area contributed by atoms with Gasteiger partial charge in [-0.3, -0.25) is 0 Å². The molecule has 2 atom stereocenters. The monoisotopic (exact) mass is 323 g/mol. The molecule has 3 aliphatic rings. The highest BCUT2D eigenvalue weighted by Gasteiger charge is 2.27. The molecule has 23 heavy (non-hydrogen) atoms. The molecule has 3 aliphatic heterocycles. The number of amides is 2. The molecule has 3 rings (SSSR count). The summed E-state index contributed by atoms with van der Waals surface area (Å²) in [5, 5.41) is 3.07. The number of carbonyl (C=O) groups excluding carboxylic acids is 1. The molecule has 0 bridgehead atoms. The zero-order chi connectivity index (χ0) is 16.1. The lowest BCUT2D eigenvalue weighted by molar-refractivity contribution is 0.102. The van der Waals surface area contributed by atoms with Crippen LogP contribution in [0.25, 0.3) is 0 Å². The van der Waals surface area contributed by atoms with Crippen molar-refractivity contribution in [2.24, 2.45) is 11.8 Å². The third kappa shape index (κ3) is 5.08. The topological polar surface area (TPSA) is 44.8 Å². The molecule has 5 nitrogen and oxygen atoms in total. The Balaban J connectivity index is 1.39. The number of carbonyl (C=O) groups is 1. The fourth-order valence-electron chi connectivity index (χ4n) is 4.13. The molecular weight excluding hydrogens is 290 g/mol. The summed E-state index contributed by atoms with van der Waals surface area (Å²) in [7, 11) is 0. The number of urea groups is 1. The summed E-state index contributed by atoms with van der Waals surface area (Å²) in [6.45, 7) is 9.35. The third-order valence-corrected chi connectivity index (χ3v) is 5.70. The standard InChI is InChI=1S/C18H33N3O2/c1-15-6-9-20(10-7-15)13-16-4-2-8-21(14-16)18(22)19-12-17-5-3-11-23-17/h15-17H,2-14H2,1H3,(H,19,22)/t16-,17+/m0/s1. The maximum Gasteiger partial charge on any atom is 0.317 e. The van der Waals surface area contributed by atoms with E-state index in [4.69, 9.17) is 4.74 Å². The number of nitrogens with zero attached hydrogens (tertiary/aromatic N) is 2. The van der Waals surface area contributed by atoms with Gasteiger partial charge >= 0.3 is 6.03 Å². The van der Waals surface area contributed by atoms with Crippen LogP contribution in [0.1, 0.15) is 45.4 Å². The van der Waals surface area contributed by atoms with Crippen LogP contribution in [0.4, 0.5) is 4.79 Å². The molecule has 0 saturated carbocycles. The maximum absolute atomic E-state index is 12.4. The molecule has 0 aromatic carbocycles. The molecule has 1 N–H and O–H groups in total. The Labute approximate surface area is 140 Å². The zero-order valence-corrected chi connectivity index (χ0v) is 14.6. The zero-order valence-electron chi connectivity index (χ0n) is 14.6. The van der Waals surface area contributed by atoms with Gasteiger partial charge < -0.3 is 19.9 Å².